The van der Waals surface area contributed by atoms with Gasteiger partial charge in [0.1, 0.15) is 0 Å². The molecule has 1 aromatic rings. The van der Waals surface area contributed by atoms with Crippen LogP contribution in [0.5, 0.6) is 0 Å². The Hall–Kier alpha value is -0.300. The van der Waals surface area contributed by atoms with E-state index < -0.39 is 0 Å². The van der Waals surface area contributed by atoms with Crippen molar-refractivity contribution in [3.8, 4) is 0 Å². The quantitative estimate of drug-likeness (QED) is 0.680. The van der Waals surface area contributed by atoms with Gasteiger partial charge < -0.3 is 0 Å². The molecule has 0 aliphatic heterocycles. The van der Waals surface area contributed by atoms with Crippen molar-refractivity contribution in [2.75, 3.05) is 0 Å². The van der Waals surface area contributed by atoms with Crippen LogP contribution in [0.2, 0.25) is 0 Å². The van der Waals surface area contributed by atoms with Crippen LogP contribution in [0.4, 0.5) is 0 Å². The summed E-state index contributed by atoms with van der Waals surface area (Å²) in [4.78, 5) is 0.513. The van der Waals surface area contributed by atoms with Crippen molar-refractivity contribution in [1.82, 2.24) is 0 Å². The van der Waals surface area contributed by atoms with Gasteiger partial charge in [-0.05, 0) is 17.9 Å². The molecule has 0 aromatic heterocycles. The lowest BCUT2D eigenvalue weighted by atomic mass is 10.0. The van der Waals surface area contributed by atoms with Gasteiger partial charge in [-0.25, -0.2) is 0 Å². The second-order valence-corrected chi connectivity index (χ2v) is 4.61. The van der Waals surface area contributed by atoms with Crippen LogP contribution in [-0.2, 0) is 0 Å². The Morgan fingerprint density at radius 1 is 1.17 bits per heavy atom. The van der Waals surface area contributed by atoms with E-state index in [1.165, 1.54) is 12.0 Å². The summed E-state index contributed by atoms with van der Waals surface area (Å²) in [6.07, 6.45) is 1.20. The highest BCUT2D eigenvalue weighted by Gasteiger charge is 2.07. The molecule has 1 atom stereocenters. The number of halogens is 1. The van der Waals surface area contributed by atoms with Crippen LogP contribution >= 0.6 is 15.9 Å². The Morgan fingerprint density at radius 3 is 2.25 bits per heavy atom. The molecule has 0 bridgehead atoms. The largest absolute Gasteiger partial charge is 0.0839 e. The summed E-state index contributed by atoms with van der Waals surface area (Å²) in [6.45, 7) is 4.49. The van der Waals surface area contributed by atoms with E-state index in [2.05, 4.69) is 60.1 Å². The zero-order valence-electron chi connectivity index (χ0n) is 7.63. The van der Waals surface area contributed by atoms with Crippen LogP contribution in [-0.4, -0.2) is 0 Å². The molecule has 1 unspecified atom stereocenters. The molecule has 0 saturated heterocycles. The maximum Gasteiger partial charge on any atom is 0.0397 e. The van der Waals surface area contributed by atoms with E-state index in [1.807, 2.05) is 0 Å². The summed E-state index contributed by atoms with van der Waals surface area (Å²) < 4.78 is 0. The van der Waals surface area contributed by atoms with Gasteiger partial charge in [-0.15, -0.1) is 0 Å². The molecule has 1 heteroatoms. The SMILES string of the molecule is CC(C)CC(Br)c1ccccc1. The minimum Gasteiger partial charge on any atom is -0.0839 e. The average molecular weight is 227 g/mol. The first kappa shape index (κ1) is 9.79. The second-order valence-electron chi connectivity index (χ2n) is 3.51. The topological polar surface area (TPSA) is 0 Å². The molecule has 0 nitrogen and oxygen atoms in total. The highest BCUT2D eigenvalue weighted by molar-refractivity contribution is 9.09. The monoisotopic (exact) mass is 226 g/mol. The van der Waals surface area contributed by atoms with Crippen LogP contribution in [0.25, 0.3) is 0 Å². The number of hydrogen-bond donors (Lipinski definition) is 0. The predicted octanol–water partition coefficient (Wildman–Crippen LogP) is 4.17. The molecule has 0 heterocycles. The molecule has 0 radical (unpaired) electrons. The Kier molecular flexibility index (Phi) is 3.80. The van der Waals surface area contributed by atoms with Gasteiger partial charge in [0, 0.05) is 4.83 Å². The second kappa shape index (κ2) is 4.66. The molecule has 0 aliphatic rings. The molecular formula is C11H15Br. The molecule has 1 rings (SSSR count). The predicted molar refractivity (Wildman–Crippen MR) is 57.6 cm³/mol. The van der Waals surface area contributed by atoms with Crippen molar-refractivity contribution >= 4 is 15.9 Å². The highest BCUT2D eigenvalue weighted by atomic mass is 79.9. The first-order valence-electron chi connectivity index (χ1n) is 4.39. The molecule has 0 spiro atoms. The highest BCUT2D eigenvalue weighted by Crippen LogP contribution is 2.28. The van der Waals surface area contributed by atoms with Crippen LogP contribution in [0.1, 0.15) is 30.7 Å². The van der Waals surface area contributed by atoms with Gasteiger partial charge in [0.2, 0.25) is 0 Å². The van der Waals surface area contributed by atoms with Crippen molar-refractivity contribution in [2.45, 2.75) is 25.1 Å². The van der Waals surface area contributed by atoms with Crippen molar-refractivity contribution in [3.63, 3.8) is 0 Å². The maximum atomic E-state index is 3.69. The van der Waals surface area contributed by atoms with Gasteiger partial charge in [-0.2, -0.15) is 0 Å². The maximum absolute atomic E-state index is 3.69. The number of alkyl halides is 1. The van der Waals surface area contributed by atoms with Gasteiger partial charge in [0.05, 0.1) is 0 Å². The molecule has 0 amide bonds. The lowest BCUT2D eigenvalue weighted by molar-refractivity contribution is 0.584. The summed E-state index contributed by atoms with van der Waals surface area (Å²) >= 11 is 3.69. The van der Waals surface area contributed by atoms with E-state index in [4.69, 9.17) is 0 Å². The lowest BCUT2D eigenvalue weighted by Gasteiger charge is -2.11. The number of benzene rings is 1. The van der Waals surface area contributed by atoms with Crippen LogP contribution < -0.4 is 0 Å². The van der Waals surface area contributed by atoms with Gasteiger partial charge in [-0.3, -0.25) is 0 Å². The molecule has 1 aromatic carbocycles. The van der Waals surface area contributed by atoms with E-state index in [0.29, 0.717) is 4.83 Å². The van der Waals surface area contributed by atoms with E-state index in [1.54, 1.807) is 0 Å². The first-order valence-corrected chi connectivity index (χ1v) is 5.30. The lowest BCUT2D eigenvalue weighted by Crippen LogP contribution is -1.95. The van der Waals surface area contributed by atoms with Crippen LogP contribution in [0, 0.1) is 5.92 Å². The zero-order valence-corrected chi connectivity index (χ0v) is 9.21. The Morgan fingerprint density at radius 2 is 1.75 bits per heavy atom. The number of hydrogen-bond acceptors (Lipinski definition) is 0. The fourth-order valence-electron chi connectivity index (χ4n) is 1.21. The van der Waals surface area contributed by atoms with Gasteiger partial charge in [0.25, 0.3) is 0 Å². The molecule has 0 saturated carbocycles. The molecular weight excluding hydrogens is 212 g/mol. The van der Waals surface area contributed by atoms with Gasteiger partial charge in [-0.1, -0.05) is 60.1 Å². The van der Waals surface area contributed by atoms with E-state index in [0.717, 1.165) is 5.92 Å². The van der Waals surface area contributed by atoms with Crippen LogP contribution in [0.3, 0.4) is 0 Å². The van der Waals surface area contributed by atoms with E-state index in [9.17, 15) is 0 Å². The molecule has 0 aliphatic carbocycles. The fraction of sp³-hybridized carbons (Fsp3) is 0.455. The zero-order chi connectivity index (χ0) is 8.97. The smallest absolute Gasteiger partial charge is 0.0397 e. The summed E-state index contributed by atoms with van der Waals surface area (Å²) in [7, 11) is 0. The summed E-state index contributed by atoms with van der Waals surface area (Å²) in [5.41, 5.74) is 1.38. The molecule has 0 fully saturated rings. The summed E-state index contributed by atoms with van der Waals surface area (Å²) in [6, 6.07) is 10.6. The van der Waals surface area contributed by atoms with Crippen LogP contribution in [0.15, 0.2) is 30.3 Å². The van der Waals surface area contributed by atoms with Crippen molar-refractivity contribution in [3.05, 3.63) is 35.9 Å². The van der Waals surface area contributed by atoms with Gasteiger partial charge in [0.15, 0.2) is 0 Å². The number of rotatable bonds is 3. The normalized spacial score (nSPS) is 13.3. The first-order chi connectivity index (χ1) is 5.70. The molecule has 12 heavy (non-hydrogen) atoms. The van der Waals surface area contributed by atoms with Crippen molar-refractivity contribution < 1.29 is 0 Å². The van der Waals surface area contributed by atoms with E-state index in [-0.39, 0.29) is 0 Å². The van der Waals surface area contributed by atoms with Crippen molar-refractivity contribution in [2.24, 2.45) is 5.92 Å². The Balaban J connectivity index is 2.59. The summed E-state index contributed by atoms with van der Waals surface area (Å²) in [5, 5.41) is 0. The minimum absolute atomic E-state index is 0.513. The fourth-order valence-corrected chi connectivity index (χ4v) is 2.26. The standard InChI is InChI=1S/C11H15Br/c1-9(2)8-11(12)10-6-4-3-5-7-10/h3-7,9,11H,8H2,1-2H3. The van der Waals surface area contributed by atoms with E-state index >= 15 is 0 Å². The molecule has 0 N–H and O–H groups in total. The third kappa shape index (κ3) is 2.98. The third-order valence-electron chi connectivity index (χ3n) is 1.84. The Bertz CT molecular complexity index is 216. The minimum atomic E-state index is 0.513. The molecule has 66 valence electrons. The Labute approximate surface area is 83.1 Å². The summed E-state index contributed by atoms with van der Waals surface area (Å²) in [5.74, 6) is 0.745. The average Bonchev–Trinajstić information content (AvgIpc) is 2.05. The van der Waals surface area contributed by atoms with Gasteiger partial charge >= 0.3 is 0 Å². The van der Waals surface area contributed by atoms with Crippen molar-refractivity contribution in [1.29, 1.82) is 0 Å². The third-order valence-corrected chi connectivity index (χ3v) is 2.74.